The zero-order valence-corrected chi connectivity index (χ0v) is 12.5. The second-order valence-electron chi connectivity index (χ2n) is 4.24. The molecule has 2 rings (SSSR count). The second kappa shape index (κ2) is 6.68. The minimum Gasteiger partial charge on any atom is -0.315 e. The lowest BCUT2D eigenvalue weighted by Crippen LogP contribution is -2.30. The van der Waals surface area contributed by atoms with E-state index in [-0.39, 0.29) is 11.7 Å². The van der Waals surface area contributed by atoms with Crippen LogP contribution >= 0.6 is 11.6 Å². The summed E-state index contributed by atoms with van der Waals surface area (Å²) in [6, 6.07) is 16.0. The van der Waals surface area contributed by atoms with E-state index in [2.05, 4.69) is 0 Å². The highest BCUT2D eigenvalue weighted by atomic mass is 35.5. The average Bonchev–Trinajstić information content (AvgIpc) is 2.47. The van der Waals surface area contributed by atoms with Gasteiger partial charge in [-0.25, -0.2) is 0 Å². The number of anilines is 1. The van der Waals surface area contributed by atoms with Crippen LogP contribution in [0.4, 0.5) is 5.69 Å². The third-order valence-corrected chi connectivity index (χ3v) is 4.36. The SMILES string of the molecule is CN(C(=O)C[S@@](=O)c1cccc(Cl)c1)c1ccccc1. The molecule has 0 radical (unpaired) electrons. The second-order valence-corrected chi connectivity index (χ2v) is 6.12. The van der Waals surface area contributed by atoms with E-state index in [1.165, 1.54) is 4.90 Å². The van der Waals surface area contributed by atoms with E-state index in [1.54, 1.807) is 31.3 Å². The normalized spacial score (nSPS) is 11.9. The van der Waals surface area contributed by atoms with Crippen molar-refractivity contribution in [3.8, 4) is 0 Å². The van der Waals surface area contributed by atoms with Crippen LogP contribution in [0, 0.1) is 0 Å². The monoisotopic (exact) mass is 307 g/mol. The minimum atomic E-state index is -1.39. The van der Waals surface area contributed by atoms with Crippen LogP contribution in [0.25, 0.3) is 0 Å². The maximum Gasteiger partial charge on any atom is 0.239 e. The molecule has 0 unspecified atom stereocenters. The van der Waals surface area contributed by atoms with Crippen LogP contribution in [0.3, 0.4) is 0 Å². The van der Waals surface area contributed by atoms with Gasteiger partial charge < -0.3 is 4.90 Å². The molecule has 0 aliphatic carbocycles. The van der Waals surface area contributed by atoms with E-state index in [4.69, 9.17) is 11.6 Å². The van der Waals surface area contributed by atoms with Gasteiger partial charge >= 0.3 is 0 Å². The fraction of sp³-hybridized carbons (Fsp3) is 0.133. The number of carbonyl (C=O) groups is 1. The largest absolute Gasteiger partial charge is 0.315 e. The van der Waals surface area contributed by atoms with Crippen LogP contribution < -0.4 is 4.90 Å². The number of nitrogens with zero attached hydrogens (tertiary/aromatic N) is 1. The average molecular weight is 308 g/mol. The van der Waals surface area contributed by atoms with Gasteiger partial charge in [0.25, 0.3) is 0 Å². The van der Waals surface area contributed by atoms with Crippen LogP contribution in [0.15, 0.2) is 59.5 Å². The van der Waals surface area contributed by atoms with Gasteiger partial charge in [0.05, 0.1) is 10.8 Å². The fourth-order valence-corrected chi connectivity index (χ4v) is 3.02. The molecule has 1 atom stereocenters. The summed E-state index contributed by atoms with van der Waals surface area (Å²) in [7, 11) is 0.280. The van der Waals surface area contributed by atoms with E-state index in [9.17, 15) is 9.00 Å². The molecule has 0 heterocycles. The molecule has 1 amide bonds. The third kappa shape index (κ3) is 3.68. The number of benzene rings is 2. The van der Waals surface area contributed by atoms with Crippen LogP contribution in [-0.4, -0.2) is 22.9 Å². The maximum atomic E-state index is 12.1. The Balaban J connectivity index is 2.06. The van der Waals surface area contributed by atoms with E-state index in [0.717, 1.165) is 5.69 Å². The first kappa shape index (κ1) is 14.8. The van der Waals surface area contributed by atoms with Gasteiger partial charge in [0.2, 0.25) is 5.91 Å². The lowest BCUT2D eigenvalue weighted by Gasteiger charge is -2.16. The molecule has 0 spiro atoms. The van der Waals surface area contributed by atoms with Crippen molar-refractivity contribution in [2.45, 2.75) is 4.90 Å². The summed E-state index contributed by atoms with van der Waals surface area (Å²) in [5.74, 6) is -0.263. The lowest BCUT2D eigenvalue weighted by molar-refractivity contribution is -0.115. The number of halogens is 1. The van der Waals surface area contributed by atoms with Gasteiger partial charge in [0, 0.05) is 22.7 Å². The van der Waals surface area contributed by atoms with E-state index < -0.39 is 10.8 Å². The molecule has 2 aromatic rings. The fourth-order valence-electron chi connectivity index (χ4n) is 1.70. The molecule has 20 heavy (non-hydrogen) atoms. The molecule has 0 bridgehead atoms. The van der Waals surface area contributed by atoms with E-state index >= 15 is 0 Å². The van der Waals surface area contributed by atoms with Gasteiger partial charge in [0.15, 0.2) is 0 Å². The van der Waals surface area contributed by atoms with E-state index in [0.29, 0.717) is 9.92 Å². The smallest absolute Gasteiger partial charge is 0.239 e. The maximum absolute atomic E-state index is 12.1. The molecule has 0 aromatic heterocycles. The number of hydrogen-bond acceptors (Lipinski definition) is 2. The topological polar surface area (TPSA) is 37.4 Å². The molecular formula is C15H14ClNO2S. The zero-order chi connectivity index (χ0) is 14.5. The Labute approximate surface area is 125 Å². The van der Waals surface area contributed by atoms with Gasteiger partial charge in [-0.2, -0.15) is 0 Å². The lowest BCUT2D eigenvalue weighted by atomic mass is 10.3. The molecule has 3 nitrogen and oxygen atoms in total. The zero-order valence-electron chi connectivity index (χ0n) is 11.0. The summed E-state index contributed by atoms with van der Waals surface area (Å²) in [5.41, 5.74) is 0.778. The van der Waals surface area contributed by atoms with Crippen molar-refractivity contribution < 1.29 is 9.00 Å². The first-order valence-corrected chi connectivity index (χ1v) is 7.73. The van der Waals surface area contributed by atoms with Crippen molar-refractivity contribution in [1.82, 2.24) is 0 Å². The van der Waals surface area contributed by atoms with Crippen LogP contribution in [0.5, 0.6) is 0 Å². The summed E-state index contributed by atoms with van der Waals surface area (Å²) >= 11 is 5.85. The van der Waals surface area contributed by atoms with Gasteiger partial charge in [-0.15, -0.1) is 0 Å². The summed E-state index contributed by atoms with van der Waals surface area (Å²) < 4.78 is 12.1. The number of rotatable bonds is 4. The van der Waals surface area contributed by atoms with Gasteiger partial charge in [-0.05, 0) is 30.3 Å². The molecule has 0 fully saturated rings. The molecule has 5 heteroatoms. The van der Waals surface area contributed by atoms with Crippen LogP contribution in [0.1, 0.15) is 0 Å². The number of hydrogen-bond donors (Lipinski definition) is 0. The summed E-state index contributed by atoms with van der Waals surface area (Å²) in [6.07, 6.45) is 0. The first-order chi connectivity index (χ1) is 9.58. The summed E-state index contributed by atoms with van der Waals surface area (Å²) in [5, 5.41) is 0.514. The highest BCUT2D eigenvalue weighted by Crippen LogP contribution is 2.16. The highest BCUT2D eigenvalue weighted by molar-refractivity contribution is 7.85. The molecule has 0 aliphatic rings. The number of para-hydroxylation sites is 1. The quantitative estimate of drug-likeness (QED) is 0.870. The Kier molecular flexibility index (Phi) is 4.93. The molecule has 0 aliphatic heterocycles. The Bertz CT molecular complexity index is 631. The Morgan fingerprint density at radius 2 is 1.85 bits per heavy atom. The molecule has 104 valence electrons. The first-order valence-electron chi connectivity index (χ1n) is 6.03. The molecule has 0 saturated heterocycles. The summed E-state index contributed by atoms with van der Waals surface area (Å²) in [4.78, 5) is 14.2. The Morgan fingerprint density at radius 3 is 2.50 bits per heavy atom. The van der Waals surface area contributed by atoms with Crippen LogP contribution in [-0.2, 0) is 15.6 Å². The van der Waals surface area contributed by atoms with Crippen molar-refractivity contribution >= 4 is 34.0 Å². The summed E-state index contributed by atoms with van der Waals surface area (Å²) in [6.45, 7) is 0. The number of carbonyl (C=O) groups excluding carboxylic acids is 1. The molecule has 2 aromatic carbocycles. The van der Waals surface area contributed by atoms with Gasteiger partial charge in [-0.3, -0.25) is 9.00 Å². The van der Waals surface area contributed by atoms with Crippen LogP contribution in [0.2, 0.25) is 5.02 Å². The minimum absolute atomic E-state index is 0.0638. The standard InChI is InChI=1S/C15H14ClNO2S/c1-17(13-7-3-2-4-8-13)15(18)11-20(19)14-9-5-6-12(16)10-14/h2-10H,11H2,1H3/t20-/m1/s1. The van der Waals surface area contributed by atoms with Crippen molar-refractivity contribution in [2.24, 2.45) is 0 Å². The van der Waals surface area contributed by atoms with Gasteiger partial charge in [0.1, 0.15) is 5.75 Å². The number of amides is 1. The van der Waals surface area contributed by atoms with E-state index in [1.807, 2.05) is 30.3 Å². The van der Waals surface area contributed by atoms with Gasteiger partial charge in [-0.1, -0.05) is 35.9 Å². The predicted molar refractivity (Wildman–Crippen MR) is 82.6 cm³/mol. The highest BCUT2D eigenvalue weighted by Gasteiger charge is 2.15. The van der Waals surface area contributed by atoms with Crippen molar-refractivity contribution in [2.75, 3.05) is 17.7 Å². The van der Waals surface area contributed by atoms with Crippen molar-refractivity contribution in [1.29, 1.82) is 0 Å². The molecule has 0 saturated carbocycles. The Morgan fingerprint density at radius 1 is 1.15 bits per heavy atom. The Hall–Kier alpha value is -1.65. The van der Waals surface area contributed by atoms with Crippen molar-refractivity contribution in [3.63, 3.8) is 0 Å². The molecule has 0 N–H and O–H groups in total. The third-order valence-electron chi connectivity index (χ3n) is 2.83. The van der Waals surface area contributed by atoms with Crippen molar-refractivity contribution in [3.05, 3.63) is 59.6 Å². The molecular weight excluding hydrogens is 294 g/mol. The predicted octanol–water partition coefficient (Wildman–Crippen LogP) is 3.11.